The smallest absolute Gasteiger partial charge is 0.257 e. The summed E-state index contributed by atoms with van der Waals surface area (Å²) in [6, 6.07) is 7.12. The number of anilines is 1. The molecule has 7 heteroatoms. The lowest BCUT2D eigenvalue weighted by Gasteiger charge is -2.04. The summed E-state index contributed by atoms with van der Waals surface area (Å²) in [5.41, 5.74) is 2.33. The molecular formula is C13H12N6O. The highest BCUT2D eigenvalue weighted by atomic mass is 16.1. The summed E-state index contributed by atoms with van der Waals surface area (Å²) >= 11 is 0. The van der Waals surface area contributed by atoms with Crippen molar-refractivity contribution in [1.82, 2.24) is 24.7 Å². The number of hydrogen-bond acceptors (Lipinski definition) is 4. The Kier molecular flexibility index (Phi) is 3.00. The van der Waals surface area contributed by atoms with Crippen LogP contribution >= 0.6 is 0 Å². The lowest BCUT2D eigenvalue weighted by molar-refractivity contribution is 0.102. The Bertz CT molecular complexity index is 714. The molecule has 0 radical (unpaired) electrons. The zero-order valence-electron chi connectivity index (χ0n) is 10.7. The van der Waals surface area contributed by atoms with Gasteiger partial charge in [-0.2, -0.15) is 0 Å². The fourth-order valence-electron chi connectivity index (χ4n) is 1.77. The molecule has 0 spiro atoms. The largest absolute Gasteiger partial charge is 0.328 e. The molecule has 0 fully saturated rings. The summed E-state index contributed by atoms with van der Waals surface area (Å²) in [5.74, 6) is 0.227. The number of H-pyrrole nitrogens is 1. The Balaban J connectivity index is 1.75. The van der Waals surface area contributed by atoms with E-state index in [9.17, 15) is 4.79 Å². The van der Waals surface area contributed by atoms with Gasteiger partial charge >= 0.3 is 0 Å². The van der Waals surface area contributed by atoms with Crippen LogP contribution in [0.5, 0.6) is 0 Å². The molecule has 0 saturated heterocycles. The van der Waals surface area contributed by atoms with Gasteiger partial charge in [-0.05, 0) is 31.2 Å². The number of aromatic amines is 1. The number of amides is 1. The molecule has 2 N–H and O–H groups in total. The Morgan fingerprint density at radius 1 is 1.20 bits per heavy atom. The second-order valence-corrected chi connectivity index (χ2v) is 4.28. The van der Waals surface area contributed by atoms with E-state index in [-0.39, 0.29) is 5.91 Å². The molecule has 0 aliphatic heterocycles. The number of imidazole rings is 1. The first-order valence-corrected chi connectivity index (χ1v) is 6.00. The third-order valence-electron chi connectivity index (χ3n) is 2.78. The molecule has 7 nitrogen and oxygen atoms in total. The quantitative estimate of drug-likeness (QED) is 0.754. The minimum absolute atomic E-state index is 0.213. The lowest BCUT2D eigenvalue weighted by Crippen LogP contribution is -2.13. The molecule has 100 valence electrons. The topological polar surface area (TPSA) is 88.5 Å². The molecule has 0 aliphatic carbocycles. The maximum absolute atomic E-state index is 12.0. The second-order valence-electron chi connectivity index (χ2n) is 4.28. The maximum atomic E-state index is 12.0. The standard InChI is InChI=1S/C13H12N6O/c1-9-6-14-13(17-9)18-12(20)10-2-4-11(5-3-10)19-7-15-16-8-19/h2-8H,1H3,(H2,14,17,18,20). The molecule has 3 aromatic rings. The number of rotatable bonds is 3. The number of aromatic nitrogens is 5. The highest BCUT2D eigenvalue weighted by Crippen LogP contribution is 2.10. The summed E-state index contributed by atoms with van der Waals surface area (Å²) in [6.45, 7) is 1.87. The number of benzene rings is 1. The van der Waals surface area contributed by atoms with Crippen LogP contribution in [-0.2, 0) is 0 Å². The molecule has 1 amide bonds. The molecule has 0 aliphatic rings. The lowest BCUT2D eigenvalue weighted by atomic mass is 10.2. The van der Waals surface area contributed by atoms with Crippen molar-refractivity contribution in [2.75, 3.05) is 5.32 Å². The third kappa shape index (κ3) is 2.41. The van der Waals surface area contributed by atoms with Gasteiger partial charge in [0.2, 0.25) is 5.95 Å². The van der Waals surface area contributed by atoms with Gasteiger partial charge in [0.25, 0.3) is 5.91 Å². The summed E-state index contributed by atoms with van der Waals surface area (Å²) in [7, 11) is 0. The van der Waals surface area contributed by atoms with Crippen LogP contribution in [-0.4, -0.2) is 30.6 Å². The minimum Gasteiger partial charge on any atom is -0.328 e. The first-order chi connectivity index (χ1) is 9.72. The number of carbonyl (C=O) groups excluding carboxylic acids is 1. The van der Waals surface area contributed by atoms with Crippen molar-refractivity contribution in [3.63, 3.8) is 0 Å². The van der Waals surface area contributed by atoms with Crippen molar-refractivity contribution in [3.8, 4) is 5.69 Å². The van der Waals surface area contributed by atoms with Gasteiger partial charge in [0, 0.05) is 23.1 Å². The van der Waals surface area contributed by atoms with Crippen LogP contribution in [0.3, 0.4) is 0 Å². The zero-order chi connectivity index (χ0) is 13.9. The molecular weight excluding hydrogens is 256 g/mol. The molecule has 2 heterocycles. The van der Waals surface area contributed by atoms with Crippen molar-refractivity contribution < 1.29 is 4.79 Å². The molecule has 0 atom stereocenters. The SMILES string of the molecule is Cc1cnc(NC(=O)c2ccc(-n3cnnc3)cc2)[nH]1. The molecule has 0 saturated carbocycles. The van der Waals surface area contributed by atoms with Crippen LogP contribution in [0.4, 0.5) is 5.95 Å². The number of nitrogens with one attached hydrogen (secondary N) is 2. The van der Waals surface area contributed by atoms with Crippen LogP contribution in [0, 0.1) is 6.92 Å². The monoisotopic (exact) mass is 268 g/mol. The maximum Gasteiger partial charge on any atom is 0.257 e. The van der Waals surface area contributed by atoms with Crippen LogP contribution in [0.15, 0.2) is 43.1 Å². The van der Waals surface area contributed by atoms with E-state index in [2.05, 4.69) is 25.5 Å². The summed E-state index contributed by atoms with van der Waals surface area (Å²) in [4.78, 5) is 19.0. The molecule has 0 unspecified atom stereocenters. The molecule has 20 heavy (non-hydrogen) atoms. The summed E-state index contributed by atoms with van der Waals surface area (Å²) in [5, 5.41) is 10.2. The van der Waals surface area contributed by atoms with E-state index in [1.54, 1.807) is 35.6 Å². The fourth-order valence-corrected chi connectivity index (χ4v) is 1.77. The van der Waals surface area contributed by atoms with Gasteiger partial charge in [-0.15, -0.1) is 10.2 Å². The Morgan fingerprint density at radius 2 is 1.90 bits per heavy atom. The predicted octanol–water partition coefficient (Wildman–Crippen LogP) is 1.55. The first kappa shape index (κ1) is 12.1. The number of carbonyl (C=O) groups is 1. The van der Waals surface area contributed by atoms with E-state index in [0.29, 0.717) is 11.5 Å². The van der Waals surface area contributed by atoms with E-state index >= 15 is 0 Å². The highest BCUT2D eigenvalue weighted by molar-refractivity contribution is 6.03. The second kappa shape index (κ2) is 4.96. The van der Waals surface area contributed by atoms with Gasteiger partial charge in [-0.1, -0.05) is 0 Å². The highest BCUT2D eigenvalue weighted by Gasteiger charge is 2.08. The Hall–Kier alpha value is -2.96. The van der Waals surface area contributed by atoms with E-state index in [1.807, 2.05) is 19.1 Å². The van der Waals surface area contributed by atoms with Crippen LogP contribution in [0.2, 0.25) is 0 Å². The van der Waals surface area contributed by atoms with E-state index in [1.165, 1.54) is 0 Å². The molecule has 3 rings (SSSR count). The van der Waals surface area contributed by atoms with E-state index in [0.717, 1.165) is 11.4 Å². The molecule has 1 aromatic carbocycles. The van der Waals surface area contributed by atoms with Crippen LogP contribution in [0.1, 0.15) is 16.1 Å². The van der Waals surface area contributed by atoms with Crippen molar-refractivity contribution in [1.29, 1.82) is 0 Å². The van der Waals surface area contributed by atoms with E-state index < -0.39 is 0 Å². The third-order valence-corrected chi connectivity index (χ3v) is 2.78. The zero-order valence-corrected chi connectivity index (χ0v) is 10.7. The van der Waals surface area contributed by atoms with Gasteiger partial charge in [-0.25, -0.2) is 4.98 Å². The summed E-state index contributed by atoms with van der Waals surface area (Å²) in [6.07, 6.45) is 4.85. The Labute approximate surface area is 114 Å². The Morgan fingerprint density at radius 3 is 2.50 bits per heavy atom. The van der Waals surface area contributed by atoms with Crippen molar-refractivity contribution >= 4 is 11.9 Å². The number of aryl methyl sites for hydroxylation is 1. The minimum atomic E-state index is -0.213. The number of hydrogen-bond donors (Lipinski definition) is 2. The van der Waals surface area contributed by atoms with Crippen molar-refractivity contribution in [2.45, 2.75) is 6.92 Å². The summed E-state index contributed by atoms with van der Waals surface area (Å²) < 4.78 is 1.76. The van der Waals surface area contributed by atoms with Gasteiger partial charge in [0.05, 0.1) is 0 Å². The van der Waals surface area contributed by atoms with Crippen molar-refractivity contribution in [2.24, 2.45) is 0 Å². The van der Waals surface area contributed by atoms with E-state index in [4.69, 9.17) is 0 Å². The molecule has 2 aromatic heterocycles. The molecule has 0 bridgehead atoms. The first-order valence-electron chi connectivity index (χ1n) is 6.00. The van der Waals surface area contributed by atoms with Gasteiger partial charge in [-0.3, -0.25) is 14.7 Å². The average Bonchev–Trinajstić information content (AvgIpc) is 3.11. The van der Waals surface area contributed by atoms with Gasteiger partial charge in [0.15, 0.2) is 0 Å². The predicted molar refractivity (Wildman–Crippen MR) is 72.6 cm³/mol. The van der Waals surface area contributed by atoms with Gasteiger partial charge < -0.3 is 4.98 Å². The number of nitrogens with zero attached hydrogens (tertiary/aromatic N) is 4. The average molecular weight is 268 g/mol. The van der Waals surface area contributed by atoms with Crippen molar-refractivity contribution in [3.05, 3.63) is 54.4 Å². The van der Waals surface area contributed by atoms with Crippen LogP contribution in [0.25, 0.3) is 5.69 Å². The van der Waals surface area contributed by atoms with Gasteiger partial charge in [0.1, 0.15) is 12.7 Å². The fraction of sp³-hybridized carbons (Fsp3) is 0.0769. The van der Waals surface area contributed by atoms with Crippen LogP contribution < -0.4 is 5.32 Å². The normalized spacial score (nSPS) is 10.4.